The third kappa shape index (κ3) is 6.91. The Hall–Kier alpha value is -0.260. The number of nitrogens with two attached hydrogens (primary N) is 1. The van der Waals surface area contributed by atoms with Crippen molar-refractivity contribution in [3.63, 3.8) is 0 Å². The Bertz CT molecular complexity index is 234. The van der Waals surface area contributed by atoms with Crippen molar-refractivity contribution in [3.8, 4) is 0 Å². The summed E-state index contributed by atoms with van der Waals surface area (Å²) in [5, 5.41) is 9.46. The second kappa shape index (κ2) is 7.95. The first kappa shape index (κ1) is 16.7. The molecule has 0 aliphatic heterocycles. The molecule has 0 rings (SSSR count). The van der Waals surface area contributed by atoms with E-state index < -0.39 is 5.54 Å². The quantitative estimate of drug-likeness (QED) is 0.650. The van der Waals surface area contributed by atoms with E-state index in [1.807, 2.05) is 6.92 Å². The first-order chi connectivity index (χ1) is 7.83. The fourth-order valence-electron chi connectivity index (χ4n) is 1.67. The maximum Gasteiger partial charge on any atom is 0.325 e. The molecule has 3 unspecified atom stereocenters. The zero-order valence-corrected chi connectivity index (χ0v) is 12.0. The standard InChI is InChI=1S/C12H25NO3S/c1-5-16-11(15)12(4,13)8-10(3)17-9(2)6-7-14/h9-10,14H,5-8,13H2,1-4H3. The molecule has 17 heavy (non-hydrogen) atoms. The molecular weight excluding hydrogens is 238 g/mol. The molecule has 0 saturated heterocycles. The number of thioether (sulfide) groups is 1. The Kier molecular flexibility index (Phi) is 7.83. The summed E-state index contributed by atoms with van der Waals surface area (Å²) >= 11 is 1.74. The minimum Gasteiger partial charge on any atom is -0.465 e. The summed E-state index contributed by atoms with van der Waals surface area (Å²) in [4.78, 5) is 11.6. The highest BCUT2D eigenvalue weighted by Gasteiger charge is 2.32. The fraction of sp³-hybridized carbons (Fsp3) is 0.917. The number of esters is 1. The summed E-state index contributed by atoms with van der Waals surface area (Å²) in [5.74, 6) is -0.345. The van der Waals surface area contributed by atoms with Gasteiger partial charge in [0.05, 0.1) is 6.61 Å². The second-order valence-corrected chi connectivity index (χ2v) is 6.49. The molecule has 0 aliphatic carbocycles. The van der Waals surface area contributed by atoms with E-state index in [-0.39, 0.29) is 17.8 Å². The summed E-state index contributed by atoms with van der Waals surface area (Å²) in [6, 6.07) is 0. The minimum absolute atomic E-state index is 0.193. The maximum absolute atomic E-state index is 11.6. The van der Waals surface area contributed by atoms with Crippen LogP contribution in [0.15, 0.2) is 0 Å². The molecule has 0 aromatic carbocycles. The summed E-state index contributed by atoms with van der Waals surface area (Å²) < 4.78 is 4.95. The number of carbonyl (C=O) groups excluding carboxylic acids is 1. The Balaban J connectivity index is 4.16. The zero-order chi connectivity index (χ0) is 13.5. The molecule has 0 fully saturated rings. The largest absolute Gasteiger partial charge is 0.465 e. The van der Waals surface area contributed by atoms with Crippen LogP contribution in [0, 0.1) is 0 Å². The van der Waals surface area contributed by atoms with E-state index in [9.17, 15) is 4.79 Å². The molecule has 0 heterocycles. The molecule has 0 spiro atoms. The number of aliphatic hydroxyl groups excluding tert-OH is 1. The third-order valence-corrected chi connectivity index (χ3v) is 3.79. The molecule has 4 nitrogen and oxygen atoms in total. The highest BCUT2D eigenvalue weighted by molar-refractivity contribution is 8.00. The minimum atomic E-state index is -0.929. The SMILES string of the molecule is CCOC(=O)C(C)(N)CC(C)SC(C)CCO. The van der Waals surface area contributed by atoms with Gasteiger partial charge in [-0.3, -0.25) is 4.79 Å². The van der Waals surface area contributed by atoms with E-state index in [0.29, 0.717) is 18.3 Å². The highest BCUT2D eigenvalue weighted by atomic mass is 32.2. The summed E-state index contributed by atoms with van der Waals surface area (Å²) in [6.45, 7) is 8.14. The summed E-state index contributed by atoms with van der Waals surface area (Å²) in [7, 11) is 0. The highest BCUT2D eigenvalue weighted by Crippen LogP contribution is 2.26. The van der Waals surface area contributed by atoms with E-state index in [0.717, 1.165) is 6.42 Å². The molecule has 102 valence electrons. The van der Waals surface area contributed by atoms with Crippen LogP contribution in [0.5, 0.6) is 0 Å². The second-order valence-electron chi connectivity index (χ2n) is 4.61. The van der Waals surface area contributed by atoms with Gasteiger partial charge in [0.1, 0.15) is 5.54 Å². The van der Waals surface area contributed by atoms with Gasteiger partial charge in [-0.1, -0.05) is 13.8 Å². The Labute approximate surface area is 108 Å². The van der Waals surface area contributed by atoms with Crippen LogP contribution in [0.1, 0.15) is 40.5 Å². The van der Waals surface area contributed by atoms with Gasteiger partial charge in [-0.15, -0.1) is 0 Å². The predicted octanol–water partition coefficient (Wildman–Crippen LogP) is 1.55. The van der Waals surface area contributed by atoms with Gasteiger partial charge in [0.15, 0.2) is 0 Å². The van der Waals surface area contributed by atoms with Crippen molar-refractivity contribution < 1.29 is 14.6 Å². The van der Waals surface area contributed by atoms with Crippen LogP contribution in [0.4, 0.5) is 0 Å². The lowest BCUT2D eigenvalue weighted by atomic mass is 9.98. The number of ether oxygens (including phenoxy) is 1. The molecular formula is C12H25NO3S. The zero-order valence-electron chi connectivity index (χ0n) is 11.2. The van der Waals surface area contributed by atoms with Crippen LogP contribution < -0.4 is 5.73 Å². The van der Waals surface area contributed by atoms with Crippen LogP contribution in [-0.2, 0) is 9.53 Å². The van der Waals surface area contributed by atoms with E-state index in [4.69, 9.17) is 15.6 Å². The molecule has 0 amide bonds. The van der Waals surface area contributed by atoms with E-state index >= 15 is 0 Å². The van der Waals surface area contributed by atoms with Gasteiger partial charge in [0.2, 0.25) is 0 Å². The van der Waals surface area contributed by atoms with Gasteiger partial charge in [0.25, 0.3) is 0 Å². The fourth-order valence-corrected chi connectivity index (χ4v) is 3.15. The molecule has 0 bridgehead atoms. The summed E-state index contributed by atoms with van der Waals surface area (Å²) in [5.41, 5.74) is 5.03. The van der Waals surface area contributed by atoms with Crippen LogP contribution >= 0.6 is 11.8 Å². The number of rotatable bonds is 8. The van der Waals surface area contributed by atoms with E-state index in [2.05, 4.69) is 6.92 Å². The number of carbonyl (C=O) groups is 1. The van der Waals surface area contributed by atoms with Gasteiger partial charge < -0.3 is 15.6 Å². The predicted molar refractivity (Wildman–Crippen MR) is 72.1 cm³/mol. The van der Waals surface area contributed by atoms with Crippen molar-refractivity contribution >= 4 is 17.7 Å². The molecule has 5 heteroatoms. The number of hydrogen-bond acceptors (Lipinski definition) is 5. The van der Waals surface area contributed by atoms with Gasteiger partial charge >= 0.3 is 5.97 Å². The van der Waals surface area contributed by atoms with Crippen LogP contribution in [0.2, 0.25) is 0 Å². The molecule has 0 radical (unpaired) electrons. The van der Waals surface area contributed by atoms with E-state index in [1.165, 1.54) is 0 Å². The molecule has 0 aromatic rings. The first-order valence-corrected chi connectivity index (χ1v) is 7.00. The van der Waals surface area contributed by atoms with Gasteiger partial charge in [-0.05, 0) is 26.7 Å². The van der Waals surface area contributed by atoms with Crippen LogP contribution in [0.25, 0.3) is 0 Å². The van der Waals surface area contributed by atoms with Crippen molar-refractivity contribution in [2.24, 2.45) is 5.73 Å². The maximum atomic E-state index is 11.6. The third-order valence-electron chi connectivity index (χ3n) is 2.45. The monoisotopic (exact) mass is 263 g/mol. The van der Waals surface area contributed by atoms with Crippen molar-refractivity contribution in [2.45, 2.75) is 56.6 Å². The lowest BCUT2D eigenvalue weighted by Gasteiger charge is -2.26. The van der Waals surface area contributed by atoms with E-state index in [1.54, 1.807) is 25.6 Å². The first-order valence-electron chi connectivity index (χ1n) is 6.06. The summed E-state index contributed by atoms with van der Waals surface area (Å²) in [6.07, 6.45) is 1.34. The normalized spacial score (nSPS) is 18.2. The molecule has 0 aliphatic rings. The molecule has 0 aromatic heterocycles. The Morgan fingerprint density at radius 1 is 1.47 bits per heavy atom. The smallest absolute Gasteiger partial charge is 0.325 e. The van der Waals surface area contributed by atoms with Gasteiger partial charge in [-0.2, -0.15) is 11.8 Å². The Morgan fingerprint density at radius 2 is 2.06 bits per heavy atom. The average Bonchev–Trinajstić information content (AvgIpc) is 2.16. The van der Waals surface area contributed by atoms with Gasteiger partial charge in [0, 0.05) is 17.1 Å². The van der Waals surface area contributed by atoms with Crippen LogP contribution in [0.3, 0.4) is 0 Å². The average molecular weight is 263 g/mol. The van der Waals surface area contributed by atoms with Crippen molar-refractivity contribution in [2.75, 3.05) is 13.2 Å². The lowest BCUT2D eigenvalue weighted by Crippen LogP contribution is -2.48. The Morgan fingerprint density at radius 3 is 2.53 bits per heavy atom. The van der Waals surface area contributed by atoms with Crippen molar-refractivity contribution in [1.82, 2.24) is 0 Å². The molecule has 3 N–H and O–H groups in total. The van der Waals surface area contributed by atoms with Crippen molar-refractivity contribution in [1.29, 1.82) is 0 Å². The van der Waals surface area contributed by atoms with Gasteiger partial charge in [-0.25, -0.2) is 0 Å². The van der Waals surface area contributed by atoms with Crippen LogP contribution in [-0.4, -0.2) is 40.3 Å². The van der Waals surface area contributed by atoms with Crippen molar-refractivity contribution in [3.05, 3.63) is 0 Å². The molecule has 3 atom stereocenters. The number of hydrogen-bond donors (Lipinski definition) is 2. The molecule has 0 saturated carbocycles. The lowest BCUT2D eigenvalue weighted by molar-refractivity contribution is -0.149. The topological polar surface area (TPSA) is 72.5 Å². The number of aliphatic hydroxyl groups is 1.